The number of aliphatic hydroxyl groups excluding tert-OH is 1. The number of ether oxygens (including phenoxy) is 3. The molecule has 0 aliphatic carbocycles. The van der Waals surface area contributed by atoms with E-state index in [1.165, 1.54) is 20.3 Å². The molecule has 0 saturated carbocycles. The lowest BCUT2D eigenvalue weighted by atomic mass is 10.1. The Morgan fingerprint density at radius 1 is 1.42 bits per heavy atom. The van der Waals surface area contributed by atoms with Gasteiger partial charge < -0.3 is 24.4 Å². The first kappa shape index (κ1) is 15.4. The highest BCUT2D eigenvalue weighted by molar-refractivity contribution is 6.33. The van der Waals surface area contributed by atoms with Gasteiger partial charge in [0.25, 0.3) is 0 Å². The summed E-state index contributed by atoms with van der Waals surface area (Å²) in [5, 5.41) is 19.4. The standard InChI is InChI=1S/C12H15ClO6/c1-4-19-12(16)10(15)8-9(13)6(14)5-7(17-2)11(8)18-3/h5,10,14-15H,4H2,1-3H3. The number of aromatic hydroxyl groups is 1. The third-order valence-corrected chi connectivity index (χ3v) is 2.80. The molecule has 0 aromatic heterocycles. The van der Waals surface area contributed by atoms with Crippen molar-refractivity contribution in [2.45, 2.75) is 13.0 Å². The number of benzene rings is 1. The molecular weight excluding hydrogens is 276 g/mol. The van der Waals surface area contributed by atoms with Gasteiger partial charge in [-0.05, 0) is 6.92 Å². The fourth-order valence-electron chi connectivity index (χ4n) is 1.57. The number of esters is 1. The zero-order valence-corrected chi connectivity index (χ0v) is 11.5. The van der Waals surface area contributed by atoms with Gasteiger partial charge in [0.05, 0.1) is 31.4 Å². The third kappa shape index (κ3) is 3.02. The number of phenols is 1. The van der Waals surface area contributed by atoms with Gasteiger partial charge in [-0.3, -0.25) is 0 Å². The number of methoxy groups -OCH3 is 2. The number of hydrogen-bond acceptors (Lipinski definition) is 6. The van der Waals surface area contributed by atoms with Gasteiger partial charge in [-0.25, -0.2) is 4.79 Å². The van der Waals surface area contributed by atoms with E-state index in [9.17, 15) is 15.0 Å². The van der Waals surface area contributed by atoms with Crippen LogP contribution in [0.5, 0.6) is 17.2 Å². The normalized spacial score (nSPS) is 11.8. The fourth-order valence-corrected chi connectivity index (χ4v) is 1.81. The van der Waals surface area contributed by atoms with Gasteiger partial charge in [0.2, 0.25) is 0 Å². The Kier molecular flexibility index (Phi) is 5.26. The first-order valence-electron chi connectivity index (χ1n) is 5.45. The van der Waals surface area contributed by atoms with Gasteiger partial charge in [0.15, 0.2) is 17.6 Å². The topological polar surface area (TPSA) is 85.2 Å². The molecule has 0 radical (unpaired) electrons. The number of phenolic OH excluding ortho intramolecular Hbond substituents is 1. The van der Waals surface area contributed by atoms with Crippen LogP contribution in [0.15, 0.2) is 6.07 Å². The Hall–Kier alpha value is -1.66. The number of rotatable bonds is 5. The minimum atomic E-state index is -1.68. The van der Waals surface area contributed by atoms with Gasteiger partial charge in [-0.2, -0.15) is 0 Å². The second-order valence-electron chi connectivity index (χ2n) is 3.51. The molecule has 0 spiro atoms. The van der Waals surface area contributed by atoms with Gasteiger partial charge in [0.1, 0.15) is 5.75 Å². The van der Waals surface area contributed by atoms with Crippen LogP contribution in [0.2, 0.25) is 5.02 Å². The van der Waals surface area contributed by atoms with Crippen molar-refractivity contribution in [3.8, 4) is 17.2 Å². The van der Waals surface area contributed by atoms with Crippen LogP contribution in [0.3, 0.4) is 0 Å². The molecule has 0 heterocycles. The summed E-state index contributed by atoms with van der Waals surface area (Å²) in [6.07, 6.45) is -1.68. The van der Waals surface area contributed by atoms with Gasteiger partial charge in [-0.15, -0.1) is 0 Å². The zero-order chi connectivity index (χ0) is 14.6. The molecule has 0 saturated heterocycles. The summed E-state index contributed by atoms with van der Waals surface area (Å²) >= 11 is 5.89. The smallest absolute Gasteiger partial charge is 0.339 e. The highest BCUT2D eigenvalue weighted by Crippen LogP contribution is 2.45. The van der Waals surface area contributed by atoms with Gasteiger partial charge >= 0.3 is 5.97 Å². The molecule has 1 rings (SSSR count). The van der Waals surface area contributed by atoms with Crippen LogP contribution in [0, 0.1) is 0 Å². The molecule has 6 nitrogen and oxygen atoms in total. The predicted molar refractivity (Wildman–Crippen MR) is 67.8 cm³/mol. The van der Waals surface area contributed by atoms with E-state index < -0.39 is 12.1 Å². The van der Waals surface area contributed by atoms with Crippen molar-refractivity contribution in [1.29, 1.82) is 0 Å². The van der Waals surface area contributed by atoms with Gasteiger partial charge in [-0.1, -0.05) is 11.6 Å². The van der Waals surface area contributed by atoms with Crippen LogP contribution in [-0.2, 0) is 9.53 Å². The lowest BCUT2D eigenvalue weighted by Crippen LogP contribution is -2.17. The molecule has 2 N–H and O–H groups in total. The molecule has 1 aromatic rings. The van der Waals surface area contributed by atoms with Crippen molar-refractivity contribution >= 4 is 17.6 Å². The monoisotopic (exact) mass is 290 g/mol. The molecule has 106 valence electrons. The highest BCUT2D eigenvalue weighted by atomic mass is 35.5. The molecular formula is C12H15ClO6. The summed E-state index contributed by atoms with van der Waals surface area (Å²) in [5.41, 5.74) is -0.0977. The zero-order valence-electron chi connectivity index (χ0n) is 10.8. The molecule has 19 heavy (non-hydrogen) atoms. The average molecular weight is 291 g/mol. The number of carbonyl (C=O) groups is 1. The third-order valence-electron chi connectivity index (χ3n) is 2.40. The van der Waals surface area contributed by atoms with Crippen LogP contribution in [0.1, 0.15) is 18.6 Å². The van der Waals surface area contributed by atoms with Gasteiger partial charge in [0, 0.05) is 6.07 Å². The van der Waals surface area contributed by atoms with Crippen LogP contribution in [0.4, 0.5) is 0 Å². The molecule has 0 fully saturated rings. The van der Waals surface area contributed by atoms with E-state index in [2.05, 4.69) is 0 Å². The second-order valence-corrected chi connectivity index (χ2v) is 3.89. The first-order chi connectivity index (χ1) is 8.97. The van der Waals surface area contributed by atoms with Crippen LogP contribution in [0.25, 0.3) is 0 Å². The van der Waals surface area contributed by atoms with Crippen molar-refractivity contribution < 1.29 is 29.2 Å². The Morgan fingerprint density at radius 3 is 2.53 bits per heavy atom. The fraction of sp³-hybridized carbons (Fsp3) is 0.417. The molecule has 0 aliphatic rings. The molecule has 1 unspecified atom stereocenters. The number of carbonyl (C=O) groups excluding carboxylic acids is 1. The van der Waals surface area contributed by atoms with Crippen molar-refractivity contribution in [1.82, 2.24) is 0 Å². The number of aliphatic hydroxyl groups is 1. The Balaban J connectivity index is 3.38. The lowest BCUT2D eigenvalue weighted by Gasteiger charge is -2.18. The maximum absolute atomic E-state index is 11.6. The molecule has 0 aliphatic heterocycles. The van der Waals surface area contributed by atoms with E-state index in [1.54, 1.807) is 6.92 Å². The lowest BCUT2D eigenvalue weighted by molar-refractivity contribution is -0.153. The highest BCUT2D eigenvalue weighted by Gasteiger charge is 2.29. The number of hydrogen-bond donors (Lipinski definition) is 2. The molecule has 1 aromatic carbocycles. The minimum absolute atomic E-state index is 0.0610. The second kappa shape index (κ2) is 6.49. The summed E-state index contributed by atoms with van der Waals surface area (Å²) < 4.78 is 14.8. The van der Waals surface area contributed by atoms with Crippen molar-refractivity contribution in [2.75, 3.05) is 20.8 Å². The summed E-state index contributed by atoms with van der Waals surface area (Å²) in [7, 11) is 2.68. The maximum Gasteiger partial charge on any atom is 0.339 e. The van der Waals surface area contributed by atoms with E-state index in [4.69, 9.17) is 25.8 Å². The molecule has 1 atom stereocenters. The van der Waals surface area contributed by atoms with E-state index in [0.29, 0.717) is 0 Å². The van der Waals surface area contributed by atoms with E-state index in [0.717, 1.165) is 0 Å². The summed E-state index contributed by atoms with van der Waals surface area (Å²) in [4.78, 5) is 11.6. The van der Waals surface area contributed by atoms with Crippen LogP contribution >= 0.6 is 11.6 Å². The van der Waals surface area contributed by atoms with Crippen molar-refractivity contribution in [2.24, 2.45) is 0 Å². The summed E-state index contributed by atoms with van der Waals surface area (Å²) in [6.45, 7) is 1.71. The maximum atomic E-state index is 11.6. The van der Waals surface area contributed by atoms with Crippen LogP contribution in [-0.4, -0.2) is 37.0 Å². The van der Waals surface area contributed by atoms with Crippen LogP contribution < -0.4 is 9.47 Å². The molecule has 0 bridgehead atoms. The minimum Gasteiger partial charge on any atom is -0.506 e. The predicted octanol–water partition coefficient (Wildman–Crippen LogP) is 1.66. The van der Waals surface area contributed by atoms with E-state index >= 15 is 0 Å². The first-order valence-corrected chi connectivity index (χ1v) is 5.83. The Labute approximate surface area is 115 Å². The average Bonchev–Trinajstić information content (AvgIpc) is 2.40. The quantitative estimate of drug-likeness (QED) is 0.802. The molecule has 7 heteroatoms. The Morgan fingerprint density at radius 2 is 2.05 bits per heavy atom. The van der Waals surface area contributed by atoms with E-state index in [1.807, 2.05) is 0 Å². The summed E-state index contributed by atoms with van der Waals surface area (Å²) in [5.74, 6) is -1.03. The van der Waals surface area contributed by atoms with Crippen molar-refractivity contribution in [3.63, 3.8) is 0 Å². The number of halogens is 1. The van der Waals surface area contributed by atoms with Crippen molar-refractivity contribution in [3.05, 3.63) is 16.7 Å². The molecule has 0 amide bonds. The Bertz CT molecular complexity index is 474. The largest absolute Gasteiger partial charge is 0.506 e. The summed E-state index contributed by atoms with van der Waals surface area (Å²) in [6, 6.07) is 1.22. The van der Waals surface area contributed by atoms with E-state index in [-0.39, 0.29) is 34.4 Å². The SMILES string of the molecule is CCOC(=O)C(O)c1c(Cl)c(O)cc(OC)c1OC.